The third-order valence-corrected chi connectivity index (χ3v) is 2.80. The van der Waals surface area contributed by atoms with Crippen LogP contribution < -0.4 is 20.5 Å². The molecule has 1 unspecified atom stereocenters. The van der Waals surface area contributed by atoms with Crippen LogP contribution in [0.2, 0.25) is 0 Å². The van der Waals surface area contributed by atoms with Crippen molar-refractivity contribution in [3.05, 3.63) is 23.8 Å². The number of hydrogen-bond donors (Lipinski definition) is 2. The van der Waals surface area contributed by atoms with Crippen molar-refractivity contribution < 1.29 is 14.3 Å². The molecule has 1 aromatic rings. The molecule has 5 nitrogen and oxygen atoms in total. The Balaban J connectivity index is 2.28. The van der Waals surface area contributed by atoms with Crippen LogP contribution in [0.4, 0.5) is 0 Å². The maximum Gasteiger partial charge on any atom is 0.239 e. The van der Waals surface area contributed by atoms with Crippen molar-refractivity contribution in [3.8, 4) is 11.5 Å². The molecule has 2 rings (SSSR count). The van der Waals surface area contributed by atoms with Crippen LogP contribution in [0.3, 0.4) is 0 Å². The standard InChI is InChI=1S/C13H18N2O3/c1-2-15-12(13(14)16)9-4-5-10-11(8-9)18-7-3-6-17-10/h4-5,8,12,15H,2-3,6-7H2,1H3,(H2,14,16). The Morgan fingerprint density at radius 2 is 2.11 bits per heavy atom. The summed E-state index contributed by atoms with van der Waals surface area (Å²) in [5, 5.41) is 3.05. The minimum Gasteiger partial charge on any atom is -0.490 e. The zero-order chi connectivity index (χ0) is 13.0. The first-order chi connectivity index (χ1) is 8.72. The van der Waals surface area contributed by atoms with Crippen molar-refractivity contribution in [2.75, 3.05) is 19.8 Å². The molecular weight excluding hydrogens is 232 g/mol. The number of rotatable bonds is 4. The molecule has 18 heavy (non-hydrogen) atoms. The van der Waals surface area contributed by atoms with E-state index in [9.17, 15) is 4.79 Å². The topological polar surface area (TPSA) is 73.6 Å². The summed E-state index contributed by atoms with van der Waals surface area (Å²) < 4.78 is 11.1. The monoisotopic (exact) mass is 250 g/mol. The Labute approximate surface area is 106 Å². The maximum atomic E-state index is 11.4. The summed E-state index contributed by atoms with van der Waals surface area (Å²) >= 11 is 0. The first-order valence-corrected chi connectivity index (χ1v) is 6.14. The van der Waals surface area contributed by atoms with Gasteiger partial charge in [-0.15, -0.1) is 0 Å². The fraction of sp³-hybridized carbons (Fsp3) is 0.462. The molecule has 0 saturated heterocycles. The molecule has 1 aromatic carbocycles. The molecule has 0 aliphatic carbocycles. The molecule has 0 radical (unpaired) electrons. The van der Waals surface area contributed by atoms with E-state index in [2.05, 4.69) is 5.32 Å². The van der Waals surface area contributed by atoms with Gasteiger partial charge in [0.05, 0.1) is 13.2 Å². The number of fused-ring (bicyclic) bond motifs is 1. The third kappa shape index (κ3) is 2.73. The van der Waals surface area contributed by atoms with Crippen molar-refractivity contribution in [2.45, 2.75) is 19.4 Å². The highest BCUT2D eigenvalue weighted by Crippen LogP contribution is 2.32. The number of primary amides is 1. The van der Waals surface area contributed by atoms with Crippen LogP contribution in [-0.4, -0.2) is 25.7 Å². The predicted molar refractivity (Wildman–Crippen MR) is 67.7 cm³/mol. The van der Waals surface area contributed by atoms with Crippen molar-refractivity contribution in [3.63, 3.8) is 0 Å². The summed E-state index contributed by atoms with van der Waals surface area (Å²) in [7, 11) is 0. The van der Waals surface area contributed by atoms with Crippen LogP contribution in [0.15, 0.2) is 18.2 Å². The molecule has 1 aliphatic rings. The highest BCUT2D eigenvalue weighted by Gasteiger charge is 2.19. The van der Waals surface area contributed by atoms with Gasteiger partial charge in [0.2, 0.25) is 5.91 Å². The Hall–Kier alpha value is -1.75. The molecule has 0 saturated carbocycles. The lowest BCUT2D eigenvalue weighted by atomic mass is 10.1. The van der Waals surface area contributed by atoms with E-state index in [0.717, 1.165) is 17.7 Å². The van der Waals surface area contributed by atoms with E-state index in [0.29, 0.717) is 25.5 Å². The molecule has 0 fully saturated rings. The van der Waals surface area contributed by atoms with Gasteiger partial charge in [0.1, 0.15) is 6.04 Å². The lowest BCUT2D eigenvalue weighted by Gasteiger charge is -2.16. The SMILES string of the molecule is CCNC(C(N)=O)c1ccc2c(c1)OCCCO2. The minimum absolute atomic E-state index is 0.397. The number of ether oxygens (including phenoxy) is 2. The summed E-state index contributed by atoms with van der Waals surface area (Å²) in [6, 6.07) is 4.99. The van der Waals surface area contributed by atoms with E-state index >= 15 is 0 Å². The van der Waals surface area contributed by atoms with Crippen LogP contribution in [0.1, 0.15) is 24.9 Å². The van der Waals surface area contributed by atoms with Crippen LogP contribution >= 0.6 is 0 Å². The molecule has 0 bridgehead atoms. The molecule has 3 N–H and O–H groups in total. The van der Waals surface area contributed by atoms with Crippen molar-refractivity contribution in [1.29, 1.82) is 0 Å². The summed E-state index contributed by atoms with van der Waals surface area (Å²) in [5.74, 6) is 0.997. The Kier molecular flexibility index (Phi) is 4.04. The van der Waals surface area contributed by atoms with Gasteiger partial charge in [-0.3, -0.25) is 4.79 Å². The number of carbonyl (C=O) groups excluding carboxylic acids is 1. The van der Waals surface area contributed by atoms with Gasteiger partial charge in [-0.2, -0.15) is 0 Å². The molecular formula is C13H18N2O3. The molecule has 1 atom stereocenters. The second-order valence-corrected chi connectivity index (χ2v) is 4.15. The van der Waals surface area contributed by atoms with Gasteiger partial charge in [0.25, 0.3) is 0 Å². The molecule has 0 spiro atoms. The van der Waals surface area contributed by atoms with Gasteiger partial charge < -0.3 is 20.5 Å². The average Bonchev–Trinajstić information content (AvgIpc) is 2.59. The Morgan fingerprint density at radius 1 is 1.39 bits per heavy atom. The van der Waals surface area contributed by atoms with E-state index in [4.69, 9.17) is 15.2 Å². The normalized spacial score (nSPS) is 15.8. The van der Waals surface area contributed by atoms with Gasteiger partial charge in [0, 0.05) is 6.42 Å². The van der Waals surface area contributed by atoms with Gasteiger partial charge in [-0.05, 0) is 24.2 Å². The first-order valence-electron chi connectivity index (χ1n) is 6.14. The van der Waals surface area contributed by atoms with E-state index in [1.54, 1.807) is 0 Å². The summed E-state index contributed by atoms with van der Waals surface area (Å²) in [6.07, 6.45) is 0.858. The number of hydrogen-bond acceptors (Lipinski definition) is 4. The molecule has 1 aliphatic heterocycles. The number of benzene rings is 1. The second-order valence-electron chi connectivity index (χ2n) is 4.15. The minimum atomic E-state index is -0.493. The van der Waals surface area contributed by atoms with Gasteiger partial charge in [-0.25, -0.2) is 0 Å². The van der Waals surface area contributed by atoms with Gasteiger partial charge >= 0.3 is 0 Å². The summed E-state index contributed by atoms with van der Waals surface area (Å²) in [6.45, 7) is 3.87. The molecule has 98 valence electrons. The zero-order valence-corrected chi connectivity index (χ0v) is 10.4. The number of nitrogens with two attached hydrogens (primary N) is 1. The number of nitrogens with one attached hydrogen (secondary N) is 1. The van der Waals surface area contributed by atoms with E-state index in [1.165, 1.54) is 0 Å². The Morgan fingerprint density at radius 3 is 2.78 bits per heavy atom. The smallest absolute Gasteiger partial charge is 0.239 e. The quantitative estimate of drug-likeness (QED) is 0.835. The maximum absolute atomic E-state index is 11.4. The van der Waals surface area contributed by atoms with Crippen molar-refractivity contribution in [1.82, 2.24) is 5.32 Å². The Bertz CT molecular complexity index is 434. The fourth-order valence-corrected chi connectivity index (χ4v) is 1.95. The average molecular weight is 250 g/mol. The van der Waals surface area contributed by atoms with Crippen molar-refractivity contribution >= 4 is 5.91 Å². The van der Waals surface area contributed by atoms with Crippen LogP contribution in [0, 0.1) is 0 Å². The number of amides is 1. The van der Waals surface area contributed by atoms with E-state index < -0.39 is 11.9 Å². The largest absolute Gasteiger partial charge is 0.490 e. The molecule has 5 heteroatoms. The highest BCUT2D eigenvalue weighted by atomic mass is 16.5. The molecule has 1 amide bonds. The second kappa shape index (κ2) is 5.73. The lowest BCUT2D eigenvalue weighted by Crippen LogP contribution is -2.33. The lowest BCUT2D eigenvalue weighted by molar-refractivity contribution is -0.120. The number of carbonyl (C=O) groups is 1. The predicted octanol–water partition coefficient (Wildman–Crippen LogP) is 0.984. The van der Waals surface area contributed by atoms with Crippen LogP contribution in [0.25, 0.3) is 0 Å². The summed E-state index contributed by atoms with van der Waals surface area (Å²) in [4.78, 5) is 11.4. The van der Waals surface area contributed by atoms with Gasteiger partial charge in [0.15, 0.2) is 11.5 Å². The van der Waals surface area contributed by atoms with Gasteiger partial charge in [-0.1, -0.05) is 13.0 Å². The zero-order valence-electron chi connectivity index (χ0n) is 10.4. The fourth-order valence-electron chi connectivity index (χ4n) is 1.95. The first kappa shape index (κ1) is 12.7. The van der Waals surface area contributed by atoms with Crippen LogP contribution in [0.5, 0.6) is 11.5 Å². The van der Waals surface area contributed by atoms with E-state index in [-0.39, 0.29) is 0 Å². The summed E-state index contributed by atoms with van der Waals surface area (Å²) in [5.41, 5.74) is 6.19. The molecule has 1 heterocycles. The highest BCUT2D eigenvalue weighted by molar-refractivity contribution is 5.81. The molecule has 0 aromatic heterocycles. The number of likely N-dealkylation sites (N-methyl/N-ethyl adjacent to an activating group) is 1. The van der Waals surface area contributed by atoms with Crippen LogP contribution in [-0.2, 0) is 4.79 Å². The van der Waals surface area contributed by atoms with E-state index in [1.807, 2.05) is 25.1 Å². The van der Waals surface area contributed by atoms with Crippen molar-refractivity contribution in [2.24, 2.45) is 5.73 Å². The third-order valence-electron chi connectivity index (χ3n) is 2.80.